The van der Waals surface area contributed by atoms with Gasteiger partial charge in [0.05, 0.1) is 5.00 Å². The Morgan fingerprint density at radius 1 is 1.42 bits per heavy atom. The molecular formula is C14H20N2O2S. The highest BCUT2D eigenvalue weighted by atomic mass is 32.1. The largest absolute Gasteiger partial charge is 0.396 e. The molecule has 19 heavy (non-hydrogen) atoms. The van der Waals surface area contributed by atoms with Crippen molar-refractivity contribution in [3.8, 4) is 0 Å². The zero-order valence-electron chi connectivity index (χ0n) is 11.1. The average molecular weight is 280 g/mol. The Morgan fingerprint density at radius 3 is 2.89 bits per heavy atom. The number of amides is 2. The lowest BCUT2D eigenvalue weighted by atomic mass is 9.85. The molecular weight excluding hydrogens is 260 g/mol. The molecule has 0 unspecified atom stereocenters. The van der Waals surface area contributed by atoms with Crippen molar-refractivity contribution in [3.63, 3.8) is 0 Å². The van der Waals surface area contributed by atoms with Crippen molar-refractivity contribution in [1.29, 1.82) is 0 Å². The van der Waals surface area contributed by atoms with Gasteiger partial charge in [0.15, 0.2) is 0 Å². The van der Waals surface area contributed by atoms with Gasteiger partial charge in [0.2, 0.25) is 0 Å². The first-order valence-corrected chi connectivity index (χ1v) is 7.74. The van der Waals surface area contributed by atoms with Crippen molar-refractivity contribution in [2.45, 2.75) is 32.2 Å². The van der Waals surface area contributed by atoms with Crippen LogP contribution in [0, 0.1) is 24.7 Å². The fourth-order valence-corrected chi connectivity index (χ4v) is 4.46. The summed E-state index contributed by atoms with van der Waals surface area (Å²) >= 11 is 1.57. The van der Waals surface area contributed by atoms with Crippen LogP contribution in [0.2, 0.25) is 0 Å². The summed E-state index contributed by atoms with van der Waals surface area (Å²) in [5.74, 6) is 1.40. The number of thiophene rings is 1. The molecule has 0 aromatic carbocycles. The summed E-state index contributed by atoms with van der Waals surface area (Å²) < 4.78 is 0. The normalized spacial score (nSPS) is 32.5. The molecule has 4 nitrogen and oxygen atoms in total. The van der Waals surface area contributed by atoms with Gasteiger partial charge in [-0.05, 0) is 50.2 Å². The van der Waals surface area contributed by atoms with E-state index in [1.807, 2.05) is 19.1 Å². The van der Waals surface area contributed by atoms with Crippen molar-refractivity contribution in [2.75, 3.05) is 11.9 Å². The van der Waals surface area contributed by atoms with Crippen molar-refractivity contribution < 1.29 is 9.90 Å². The Balaban J connectivity index is 1.60. The number of hydrogen-bond acceptors (Lipinski definition) is 3. The third kappa shape index (κ3) is 2.49. The Bertz CT molecular complexity index is 474. The molecule has 1 heterocycles. The van der Waals surface area contributed by atoms with E-state index in [9.17, 15) is 9.90 Å². The highest BCUT2D eigenvalue weighted by Crippen LogP contribution is 2.48. The maximum absolute atomic E-state index is 12.0. The predicted octanol–water partition coefficient (Wildman–Crippen LogP) is 2.59. The highest BCUT2D eigenvalue weighted by molar-refractivity contribution is 7.16. The van der Waals surface area contributed by atoms with Crippen molar-refractivity contribution in [1.82, 2.24) is 5.32 Å². The molecule has 2 aliphatic carbocycles. The minimum atomic E-state index is -0.141. The number of fused-ring (bicyclic) bond motifs is 2. The van der Waals surface area contributed by atoms with E-state index in [2.05, 4.69) is 10.6 Å². The van der Waals surface area contributed by atoms with Crippen LogP contribution in [-0.2, 0) is 0 Å². The fourth-order valence-electron chi connectivity index (χ4n) is 3.70. The number of aliphatic hydroxyl groups excluding tert-OH is 1. The zero-order valence-corrected chi connectivity index (χ0v) is 11.9. The second-order valence-corrected chi connectivity index (χ2v) is 7.00. The maximum atomic E-state index is 12.0. The number of urea groups is 1. The minimum Gasteiger partial charge on any atom is -0.396 e. The topological polar surface area (TPSA) is 61.4 Å². The highest BCUT2D eigenvalue weighted by Gasteiger charge is 2.47. The van der Waals surface area contributed by atoms with Gasteiger partial charge in [0, 0.05) is 23.4 Å². The molecule has 0 saturated heterocycles. The summed E-state index contributed by atoms with van der Waals surface area (Å²) in [7, 11) is 0. The van der Waals surface area contributed by atoms with Gasteiger partial charge < -0.3 is 10.4 Å². The van der Waals surface area contributed by atoms with Gasteiger partial charge in [0.25, 0.3) is 0 Å². The molecule has 0 spiro atoms. The molecule has 2 aliphatic rings. The molecule has 2 amide bonds. The third-order valence-corrected chi connectivity index (χ3v) is 5.49. The number of hydrogen-bond donors (Lipinski definition) is 3. The molecule has 5 heteroatoms. The molecule has 0 radical (unpaired) electrons. The molecule has 4 atom stereocenters. The maximum Gasteiger partial charge on any atom is 0.320 e. The lowest BCUT2D eigenvalue weighted by Gasteiger charge is -2.30. The summed E-state index contributed by atoms with van der Waals surface area (Å²) in [4.78, 5) is 13.2. The Hall–Kier alpha value is -1.07. The van der Waals surface area contributed by atoms with Gasteiger partial charge in [-0.1, -0.05) is 0 Å². The van der Waals surface area contributed by atoms with Gasteiger partial charge in [-0.25, -0.2) is 4.79 Å². The lowest BCUT2D eigenvalue weighted by molar-refractivity contribution is 0.146. The van der Waals surface area contributed by atoms with Crippen molar-refractivity contribution in [2.24, 2.45) is 17.8 Å². The Labute approximate surface area is 117 Å². The third-order valence-electron chi connectivity index (χ3n) is 4.57. The van der Waals surface area contributed by atoms with E-state index in [1.54, 1.807) is 11.3 Å². The summed E-state index contributed by atoms with van der Waals surface area (Å²) in [6.07, 6.45) is 3.55. The van der Waals surface area contributed by atoms with Crippen LogP contribution in [0.4, 0.5) is 9.80 Å². The summed E-state index contributed by atoms with van der Waals surface area (Å²) in [5, 5.41) is 16.3. The van der Waals surface area contributed by atoms with E-state index in [-0.39, 0.29) is 24.6 Å². The standard InChI is InChI=1S/C14H20N2O2S/c1-8-2-5-12(19-8)15-14(18)16-13-10-4-3-9(6-10)11(13)7-17/h2,5,9-11,13,17H,3-4,6-7H2,1H3,(H2,15,16,18)/t9-,10-,11+,13-/m0/s1. The second-order valence-electron chi connectivity index (χ2n) is 5.71. The van der Waals surface area contributed by atoms with Crippen molar-refractivity contribution >= 4 is 22.4 Å². The van der Waals surface area contributed by atoms with E-state index >= 15 is 0 Å². The number of rotatable bonds is 3. The molecule has 104 valence electrons. The van der Waals surface area contributed by atoms with E-state index in [0.717, 1.165) is 11.4 Å². The summed E-state index contributed by atoms with van der Waals surface area (Å²) in [6.45, 7) is 2.20. The number of carbonyl (C=O) groups is 1. The Morgan fingerprint density at radius 2 is 2.21 bits per heavy atom. The number of aryl methyl sites for hydroxylation is 1. The molecule has 3 N–H and O–H groups in total. The van der Waals surface area contributed by atoms with E-state index < -0.39 is 0 Å². The number of nitrogens with one attached hydrogen (secondary N) is 2. The minimum absolute atomic E-state index is 0.141. The van der Waals surface area contributed by atoms with Gasteiger partial charge in [0.1, 0.15) is 0 Å². The predicted molar refractivity (Wildman–Crippen MR) is 76.4 cm³/mol. The SMILES string of the molecule is Cc1ccc(NC(=O)N[C@H]2[C@H]3CC[C@@H](C3)[C@H]2CO)s1. The molecule has 3 rings (SSSR count). The van der Waals surface area contributed by atoms with Crippen LogP contribution in [0.15, 0.2) is 12.1 Å². The molecule has 2 bridgehead atoms. The Kier molecular flexibility index (Phi) is 3.50. The van der Waals surface area contributed by atoms with Crippen LogP contribution in [0.5, 0.6) is 0 Å². The van der Waals surface area contributed by atoms with Gasteiger partial charge in [-0.3, -0.25) is 5.32 Å². The van der Waals surface area contributed by atoms with Gasteiger partial charge >= 0.3 is 6.03 Å². The fraction of sp³-hybridized carbons (Fsp3) is 0.643. The van der Waals surface area contributed by atoms with E-state index in [0.29, 0.717) is 11.8 Å². The van der Waals surface area contributed by atoms with Crippen LogP contribution in [0.3, 0.4) is 0 Å². The molecule has 0 aliphatic heterocycles. The zero-order chi connectivity index (χ0) is 13.4. The van der Waals surface area contributed by atoms with Crippen LogP contribution in [0.1, 0.15) is 24.1 Å². The van der Waals surface area contributed by atoms with E-state index in [4.69, 9.17) is 0 Å². The first-order chi connectivity index (χ1) is 9.17. The lowest BCUT2D eigenvalue weighted by Crippen LogP contribution is -2.46. The molecule has 1 aromatic rings. The quantitative estimate of drug-likeness (QED) is 0.797. The van der Waals surface area contributed by atoms with Crippen LogP contribution >= 0.6 is 11.3 Å². The van der Waals surface area contributed by atoms with Gasteiger partial charge in [-0.15, -0.1) is 11.3 Å². The van der Waals surface area contributed by atoms with Crippen molar-refractivity contribution in [3.05, 3.63) is 17.0 Å². The van der Waals surface area contributed by atoms with Crippen LogP contribution in [0.25, 0.3) is 0 Å². The monoisotopic (exact) mass is 280 g/mol. The molecule has 2 saturated carbocycles. The summed E-state index contributed by atoms with van der Waals surface area (Å²) in [6, 6.07) is 3.92. The molecule has 1 aromatic heterocycles. The first kappa shape index (κ1) is 12.9. The average Bonchev–Trinajstić information content (AvgIpc) is 3.05. The van der Waals surface area contributed by atoms with Crippen LogP contribution in [-0.4, -0.2) is 23.8 Å². The first-order valence-electron chi connectivity index (χ1n) is 6.92. The number of carbonyl (C=O) groups excluding carboxylic acids is 1. The number of aliphatic hydroxyl groups is 1. The second kappa shape index (κ2) is 5.13. The smallest absolute Gasteiger partial charge is 0.320 e. The molecule has 2 fully saturated rings. The van der Waals surface area contributed by atoms with E-state index in [1.165, 1.54) is 17.7 Å². The van der Waals surface area contributed by atoms with Crippen LogP contribution < -0.4 is 10.6 Å². The number of anilines is 1. The summed E-state index contributed by atoms with van der Waals surface area (Å²) in [5.41, 5.74) is 0. The van der Waals surface area contributed by atoms with Gasteiger partial charge in [-0.2, -0.15) is 0 Å².